The average molecular weight is 499 g/mol. The highest BCUT2D eigenvalue weighted by Crippen LogP contribution is 2.43. The zero-order valence-corrected chi connectivity index (χ0v) is 21.7. The molecular weight excluding hydrogens is 468 g/mol. The molecule has 1 N–H and O–H groups in total. The van der Waals surface area contributed by atoms with Crippen LogP contribution in [0.15, 0.2) is 36.9 Å². The Balaban J connectivity index is 1.48. The fourth-order valence-electron chi connectivity index (χ4n) is 5.60. The minimum Gasteiger partial charge on any atom is -0.373 e. The lowest BCUT2D eigenvalue weighted by atomic mass is 9.88. The van der Waals surface area contributed by atoms with Gasteiger partial charge in [0.1, 0.15) is 34.7 Å². The fraction of sp³-hybridized carbons (Fsp3) is 0.407. The second-order valence-corrected chi connectivity index (χ2v) is 10.0. The molecule has 2 aliphatic heterocycles. The Hall–Kier alpha value is -3.76. The number of imidazole rings is 1. The maximum absolute atomic E-state index is 13.3. The Morgan fingerprint density at radius 3 is 2.51 bits per heavy atom. The van der Waals surface area contributed by atoms with E-state index in [9.17, 15) is 4.79 Å². The van der Waals surface area contributed by atoms with Crippen molar-refractivity contribution in [1.82, 2.24) is 34.4 Å². The van der Waals surface area contributed by atoms with Crippen LogP contribution in [0, 0.1) is 6.92 Å². The summed E-state index contributed by atoms with van der Waals surface area (Å²) in [7, 11) is 0. The number of hydrogen-bond acceptors (Lipinski definition) is 8. The summed E-state index contributed by atoms with van der Waals surface area (Å²) in [6.07, 6.45) is 5.23. The molecule has 190 valence electrons. The fourth-order valence-corrected chi connectivity index (χ4v) is 5.60. The molecule has 0 aliphatic carbocycles. The Morgan fingerprint density at radius 1 is 1.08 bits per heavy atom. The first-order valence-corrected chi connectivity index (χ1v) is 12.7. The molecule has 1 fully saturated rings. The van der Waals surface area contributed by atoms with Crippen LogP contribution in [0.4, 0.5) is 5.69 Å². The predicted molar refractivity (Wildman–Crippen MR) is 140 cm³/mol. The van der Waals surface area contributed by atoms with Crippen molar-refractivity contribution >= 4 is 22.8 Å². The van der Waals surface area contributed by atoms with Crippen molar-refractivity contribution in [3.05, 3.63) is 48.3 Å². The third-order valence-electron chi connectivity index (χ3n) is 7.45. The molecule has 0 bridgehead atoms. The number of rotatable bonds is 4. The molecule has 0 saturated carbocycles. The summed E-state index contributed by atoms with van der Waals surface area (Å²) < 4.78 is 7.99. The van der Waals surface area contributed by atoms with E-state index in [0.717, 1.165) is 39.5 Å². The van der Waals surface area contributed by atoms with Gasteiger partial charge in [0.15, 0.2) is 5.65 Å². The molecule has 10 heteroatoms. The largest absolute Gasteiger partial charge is 0.373 e. The van der Waals surface area contributed by atoms with Crippen LogP contribution < -0.4 is 5.32 Å². The number of carbonyl (C=O) groups excluding carboxylic acids is 1. The lowest BCUT2D eigenvalue weighted by Crippen LogP contribution is -2.57. The number of morpholine rings is 1. The van der Waals surface area contributed by atoms with E-state index >= 15 is 0 Å². The highest BCUT2D eigenvalue weighted by atomic mass is 16.5. The summed E-state index contributed by atoms with van der Waals surface area (Å²) >= 11 is 0. The molecule has 6 rings (SSSR count). The molecular formula is C27H30N8O2. The lowest BCUT2D eigenvalue weighted by Gasteiger charge is -2.43. The number of nitrogens with one attached hydrogen (secondary N) is 1. The Kier molecular flexibility index (Phi) is 5.54. The highest BCUT2D eigenvalue weighted by molar-refractivity contribution is 6.06. The number of aryl methyl sites for hydroxylation is 2. The van der Waals surface area contributed by atoms with Crippen molar-refractivity contribution in [2.24, 2.45) is 0 Å². The predicted octanol–water partition coefficient (Wildman–Crippen LogP) is 3.56. The normalized spacial score (nSPS) is 23.9. The maximum atomic E-state index is 13.3. The average Bonchev–Trinajstić information content (AvgIpc) is 3.38. The third kappa shape index (κ3) is 3.70. The second-order valence-electron chi connectivity index (χ2n) is 10.0. The summed E-state index contributed by atoms with van der Waals surface area (Å²) in [5.41, 5.74) is 4.83. The molecule has 1 saturated heterocycles. The van der Waals surface area contributed by atoms with E-state index in [2.05, 4.69) is 57.0 Å². The van der Waals surface area contributed by atoms with Crippen LogP contribution in [-0.4, -0.2) is 65.6 Å². The van der Waals surface area contributed by atoms with E-state index in [1.165, 1.54) is 0 Å². The van der Waals surface area contributed by atoms with Gasteiger partial charge in [-0.15, -0.1) is 0 Å². The van der Waals surface area contributed by atoms with Gasteiger partial charge in [-0.3, -0.25) is 9.69 Å². The molecule has 5 heterocycles. The van der Waals surface area contributed by atoms with Crippen LogP contribution in [0.3, 0.4) is 0 Å². The first-order valence-electron chi connectivity index (χ1n) is 12.7. The second kappa shape index (κ2) is 8.67. The van der Waals surface area contributed by atoms with Crippen LogP contribution in [-0.2, 0) is 21.6 Å². The quantitative estimate of drug-likeness (QED) is 0.455. The SMILES string of the molecule is CCn1c(-c2cnc(C)nc2)nc2c(-c3ccc4c(c3)[C@](C)(N3C[C@@H](C)O[C@@H](C)C3)C(=O)N4)ncnc21. The summed E-state index contributed by atoms with van der Waals surface area (Å²) in [4.78, 5) is 38.4. The summed E-state index contributed by atoms with van der Waals surface area (Å²) in [5, 5.41) is 3.09. The number of nitrogens with zero attached hydrogens (tertiary/aromatic N) is 7. The molecule has 3 aromatic heterocycles. The Labute approximate surface area is 215 Å². The lowest BCUT2D eigenvalue weighted by molar-refractivity contribution is -0.138. The van der Waals surface area contributed by atoms with Crippen LogP contribution in [0.25, 0.3) is 33.8 Å². The van der Waals surface area contributed by atoms with Crippen molar-refractivity contribution < 1.29 is 9.53 Å². The number of amides is 1. The number of fused-ring (bicyclic) bond motifs is 2. The highest BCUT2D eigenvalue weighted by Gasteiger charge is 2.49. The topological polar surface area (TPSA) is 111 Å². The number of ether oxygens (including phenoxy) is 1. The van der Waals surface area contributed by atoms with Gasteiger partial charge in [0.25, 0.3) is 0 Å². The van der Waals surface area contributed by atoms with Gasteiger partial charge in [0.05, 0.1) is 17.8 Å². The van der Waals surface area contributed by atoms with Gasteiger partial charge in [-0.1, -0.05) is 6.07 Å². The van der Waals surface area contributed by atoms with E-state index in [1.807, 2.05) is 30.5 Å². The van der Waals surface area contributed by atoms with Crippen molar-refractivity contribution in [1.29, 1.82) is 0 Å². The van der Waals surface area contributed by atoms with Gasteiger partial charge < -0.3 is 14.6 Å². The minimum absolute atomic E-state index is 0.0225. The molecule has 1 aromatic carbocycles. The molecule has 0 radical (unpaired) electrons. The van der Waals surface area contributed by atoms with Crippen molar-refractivity contribution in [3.8, 4) is 22.6 Å². The number of anilines is 1. The molecule has 37 heavy (non-hydrogen) atoms. The molecule has 10 nitrogen and oxygen atoms in total. The maximum Gasteiger partial charge on any atom is 0.249 e. The zero-order chi connectivity index (χ0) is 25.9. The van der Waals surface area contributed by atoms with Gasteiger partial charge in [-0.2, -0.15) is 0 Å². The first kappa shape index (κ1) is 23.6. The van der Waals surface area contributed by atoms with Gasteiger partial charge in [0, 0.05) is 48.8 Å². The minimum atomic E-state index is -0.809. The van der Waals surface area contributed by atoms with E-state index < -0.39 is 5.54 Å². The summed E-state index contributed by atoms with van der Waals surface area (Å²) in [6.45, 7) is 12.1. The van der Waals surface area contributed by atoms with Crippen molar-refractivity contribution in [3.63, 3.8) is 0 Å². The number of carbonyl (C=O) groups is 1. The molecule has 1 amide bonds. The Bertz CT molecular complexity index is 1510. The van der Waals surface area contributed by atoms with E-state index in [0.29, 0.717) is 31.0 Å². The molecule has 0 unspecified atom stereocenters. The van der Waals surface area contributed by atoms with Crippen molar-refractivity contribution in [2.45, 2.75) is 58.9 Å². The van der Waals surface area contributed by atoms with Crippen LogP contribution >= 0.6 is 0 Å². The van der Waals surface area contributed by atoms with Gasteiger partial charge in [-0.05, 0) is 46.8 Å². The van der Waals surface area contributed by atoms with Crippen LogP contribution in [0.2, 0.25) is 0 Å². The molecule has 0 spiro atoms. The van der Waals surface area contributed by atoms with Gasteiger partial charge in [-0.25, -0.2) is 24.9 Å². The molecule has 3 atom stereocenters. The molecule has 4 aromatic rings. The first-order chi connectivity index (χ1) is 17.8. The third-order valence-corrected chi connectivity index (χ3v) is 7.45. The Morgan fingerprint density at radius 2 is 1.81 bits per heavy atom. The zero-order valence-electron chi connectivity index (χ0n) is 21.7. The molecule has 2 aliphatic rings. The smallest absolute Gasteiger partial charge is 0.249 e. The monoisotopic (exact) mass is 498 g/mol. The summed E-state index contributed by atoms with van der Waals surface area (Å²) in [6, 6.07) is 6.01. The van der Waals surface area contributed by atoms with E-state index in [1.54, 1.807) is 18.7 Å². The van der Waals surface area contributed by atoms with Crippen LogP contribution in [0.5, 0.6) is 0 Å². The van der Waals surface area contributed by atoms with Gasteiger partial charge >= 0.3 is 0 Å². The van der Waals surface area contributed by atoms with Crippen molar-refractivity contribution in [2.75, 3.05) is 18.4 Å². The number of benzene rings is 1. The van der Waals surface area contributed by atoms with E-state index in [4.69, 9.17) is 9.72 Å². The van der Waals surface area contributed by atoms with Gasteiger partial charge in [0.2, 0.25) is 5.91 Å². The summed E-state index contributed by atoms with van der Waals surface area (Å²) in [5.74, 6) is 1.43. The van der Waals surface area contributed by atoms with Crippen LogP contribution in [0.1, 0.15) is 39.1 Å². The number of aromatic nitrogens is 6. The standard InChI is InChI=1S/C27H30N8O2/c1-6-35-24(19-10-28-17(4)29-11-19)33-23-22(30-14-31-25(23)35)18-7-8-21-20(9-18)27(5,26(36)32-21)34-12-15(2)37-16(3)13-34/h7-11,14-16H,6,12-13H2,1-5H3,(H,32,36)/t15-,16+,27-/m0/s1. The number of hydrogen-bond donors (Lipinski definition) is 1. The van der Waals surface area contributed by atoms with E-state index in [-0.39, 0.29) is 18.1 Å².